The molecule has 0 radical (unpaired) electrons. The summed E-state index contributed by atoms with van der Waals surface area (Å²) in [6.07, 6.45) is 4.45. The van der Waals surface area contributed by atoms with Crippen molar-refractivity contribution in [2.75, 3.05) is 6.61 Å². The fourth-order valence-electron chi connectivity index (χ4n) is 5.37. The molecule has 0 amide bonds. The van der Waals surface area contributed by atoms with Crippen LogP contribution in [0.15, 0.2) is 73.7 Å². The van der Waals surface area contributed by atoms with E-state index in [4.69, 9.17) is 16.3 Å². The topological polar surface area (TPSA) is 128 Å². The summed E-state index contributed by atoms with van der Waals surface area (Å²) in [4.78, 5) is 3.43. The zero-order valence-electron chi connectivity index (χ0n) is 23.5. The van der Waals surface area contributed by atoms with E-state index in [-0.39, 0.29) is 39.6 Å². The minimum Gasteiger partial charge on any atom is -0.618 e. The number of nitrogens with zero attached hydrogens (tertiary/aromatic N) is 10. The van der Waals surface area contributed by atoms with Crippen LogP contribution in [0.3, 0.4) is 0 Å². The molecule has 1 aromatic carbocycles. The molecule has 1 aliphatic rings. The Kier molecular flexibility index (Phi) is 7.44. The van der Waals surface area contributed by atoms with Gasteiger partial charge in [-0.3, -0.25) is 14.3 Å². The smallest absolute Gasteiger partial charge is 0.433 e. The molecule has 5 aromatic heterocycles. The molecule has 7 rings (SSSR count). The second-order valence-electron chi connectivity index (χ2n) is 10.5. The highest BCUT2D eigenvalue weighted by Gasteiger charge is 2.33. The van der Waals surface area contributed by atoms with Crippen molar-refractivity contribution in [3.63, 3.8) is 0 Å². The van der Waals surface area contributed by atoms with E-state index in [0.717, 1.165) is 23.5 Å². The van der Waals surface area contributed by atoms with Gasteiger partial charge in [-0.05, 0) is 58.3 Å². The van der Waals surface area contributed by atoms with Gasteiger partial charge in [0.15, 0.2) is 18.1 Å². The summed E-state index contributed by atoms with van der Waals surface area (Å²) in [5.41, 5.74) is 2.05. The first-order valence-electron chi connectivity index (χ1n) is 13.8. The van der Waals surface area contributed by atoms with Crippen LogP contribution in [0.1, 0.15) is 28.7 Å². The van der Waals surface area contributed by atoms with E-state index >= 15 is 4.39 Å². The van der Waals surface area contributed by atoms with Gasteiger partial charge in [0.25, 0.3) is 0 Å². The van der Waals surface area contributed by atoms with Gasteiger partial charge >= 0.3 is 6.18 Å². The zero-order valence-corrected chi connectivity index (χ0v) is 24.3. The van der Waals surface area contributed by atoms with Gasteiger partial charge in [-0.25, -0.2) is 4.39 Å². The van der Waals surface area contributed by atoms with Crippen LogP contribution in [0.5, 0.6) is 0 Å². The summed E-state index contributed by atoms with van der Waals surface area (Å²) in [5.74, 6) is -0.768. The van der Waals surface area contributed by atoms with E-state index in [9.17, 15) is 18.4 Å². The molecule has 17 heteroatoms. The molecule has 1 unspecified atom stereocenters. The van der Waals surface area contributed by atoms with Gasteiger partial charge in [0, 0.05) is 30.2 Å². The third-order valence-corrected chi connectivity index (χ3v) is 7.88. The predicted octanol–water partition coefficient (Wildman–Crippen LogP) is 4.59. The Balaban J connectivity index is 1.30. The lowest BCUT2D eigenvalue weighted by Crippen LogP contribution is -2.37. The van der Waals surface area contributed by atoms with Crippen LogP contribution in [-0.2, 0) is 30.5 Å². The highest BCUT2D eigenvalue weighted by Crippen LogP contribution is 2.34. The van der Waals surface area contributed by atoms with E-state index < -0.39 is 23.7 Å². The second kappa shape index (κ2) is 11.6. The summed E-state index contributed by atoms with van der Waals surface area (Å²) in [6, 6.07) is 7.57. The summed E-state index contributed by atoms with van der Waals surface area (Å²) in [7, 11) is 0. The van der Waals surface area contributed by atoms with Crippen LogP contribution in [0, 0.1) is 11.0 Å². The van der Waals surface area contributed by atoms with Crippen molar-refractivity contribution in [2.24, 2.45) is 0 Å². The summed E-state index contributed by atoms with van der Waals surface area (Å²) >= 11 is 6.10. The van der Waals surface area contributed by atoms with Crippen molar-refractivity contribution in [1.82, 2.24) is 44.8 Å². The minimum absolute atomic E-state index is 0.00628. The average molecular weight is 653 g/mol. The highest BCUT2D eigenvalue weighted by atomic mass is 35.5. The van der Waals surface area contributed by atoms with E-state index in [1.807, 2.05) is 6.20 Å². The molecular formula is C29H21ClF4N10O2. The third kappa shape index (κ3) is 5.56. The monoisotopic (exact) mass is 652 g/mol. The maximum atomic E-state index is 15.4. The normalized spacial score (nSPS) is 13.9. The Labute approximate surface area is 262 Å². The van der Waals surface area contributed by atoms with E-state index in [0.29, 0.717) is 29.9 Å². The number of tetrazole rings is 1. The average Bonchev–Trinajstić information content (AvgIpc) is 3.82. The molecule has 0 saturated heterocycles. The summed E-state index contributed by atoms with van der Waals surface area (Å²) in [6.45, 7) is 1.06. The van der Waals surface area contributed by atoms with Gasteiger partial charge in [-0.1, -0.05) is 11.6 Å². The van der Waals surface area contributed by atoms with Crippen molar-refractivity contribution in [3.05, 3.63) is 112 Å². The number of ether oxygens (including phenoxy) is 1. The molecule has 0 saturated carbocycles. The summed E-state index contributed by atoms with van der Waals surface area (Å²) in [5, 5.41) is 33.7. The maximum Gasteiger partial charge on any atom is 0.433 e. The van der Waals surface area contributed by atoms with Crippen LogP contribution in [0.25, 0.3) is 27.9 Å². The van der Waals surface area contributed by atoms with Crippen LogP contribution >= 0.6 is 11.6 Å². The number of aromatic nitrogens is 10. The summed E-state index contributed by atoms with van der Waals surface area (Å²) < 4.78 is 66.0. The number of alkyl halides is 3. The maximum absolute atomic E-state index is 15.4. The largest absolute Gasteiger partial charge is 0.618 e. The number of fused-ring (bicyclic) bond motifs is 1. The Morgan fingerprint density at radius 1 is 1.09 bits per heavy atom. The van der Waals surface area contributed by atoms with Gasteiger partial charge in [0.1, 0.15) is 12.0 Å². The molecule has 0 spiro atoms. The Hall–Kier alpha value is -5.22. The molecule has 0 fully saturated rings. The number of rotatable bonds is 7. The Morgan fingerprint density at radius 2 is 1.96 bits per heavy atom. The molecule has 12 nitrogen and oxygen atoms in total. The van der Waals surface area contributed by atoms with Crippen LogP contribution < -0.4 is 4.73 Å². The molecule has 0 aliphatic carbocycles. The Morgan fingerprint density at radius 3 is 2.72 bits per heavy atom. The quantitative estimate of drug-likeness (QED) is 0.139. The second-order valence-corrected chi connectivity index (χ2v) is 10.9. The van der Waals surface area contributed by atoms with Crippen LogP contribution in [0.2, 0.25) is 5.02 Å². The molecule has 6 aromatic rings. The SMILES string of the molecule is [O-][n+]1cc(-c2c(-n3cnnn3)ccc(Cl)c2F)ccc1C(Cn1cc2c(n1)COCC2)n1cc(-c2ccnc(C(F)(F)F)c2)cn1. The zero-order chi connectivity index (χ0) is 32.0. The van der Waals surface area contributed by atoms with Crippen molar-refractivity contribution < 1.29 is 27.0 Å². The molecule has 0 N–H and O–H groups in total. The van der Waals surface area contributed by atoms with Crippen molar-refractivity contribution in [2.45, 2.75) is 31.8 Å². The molecule has 234 valence electrons. The lowest BCUT2D eigenvalue weighted by atomic mass is 10.0. The Bertz CT molecular complexity index is 2020. The van der Waals surface area contributed by atoms with Gasteiger partial charge < -0.3 is 9.94 Å². The molecule has 1 aliphatic heterocycles. The van der Waals surface area contributed by atoms with Gasteiger partial charge in [-0.15, -0.1) is 5.10 Å². The lowest BCUT2D eigenvalue weighted by Gasteiger charge is -2.18. The van der Waals surface area contributed by atoms with Crippen molar-refractivity contribution in [3.8, 4) is 27.9 Å². The first-order valence-corrected chi connectivity index (χ1v) is 14.2. The number of benzene rings is 1. The third-order valence-electron chi connectivity index (χ3n) is 7.59. The van der Waals surface area contributed by atoms with Gasteiger partial charge in [-0.2, -0.15) is 32.8 Å². The van der Waals surface area contributed by atoms with Crippen LogP contribution in [-0.4, -0.2) is 51.4 Å². The number of hydrogen-bond donors (Lipinski definition) is 0. The molecule has 6 heterocycles. The standard InChI is InChI=1S/C29H21ClF4N10O2/c30-21-2-4-24(43-16-36-39-40-43)27(28(21)31)19-1-3-23(44(45)13-19)25(14-41-11-18-6-8-46-15-22(18)38-41)42-12-20(10-37-42)17-5-7-35-26(9-17)29(32,33)34/h1-5,7,9-13,16,25H,6,8,14-15H2. The number of pyridine rings is 2. The fourth-order valence-corrected chi connectivity index (χ4v) is 5.52. The molecule has 0 bridgehead atoms. The van der Waals surface area contributed by atoms with Gasteiger partial charge in [0.2, 0.25) is 5.69 Å². The highest BCUT2D eigenvalue weighted by molar-refractivity contribution is 6.31. The van der Waals surface area contributed by atoms with E-state index in [1.165, 1.54) is 52.4 Å². The fraction of sp³-hybridized carbons (Fsp3) is 0.207. The first-order chi connectivity index (χ1) is 22.2. The predicted molar refractivity (Wildman–Crippen MR) is 153 cm³/mol. The van der Waals surface area contributed by atoms with E-state index in [2.05, 4.69) is 30.7 Å². The van der Waals surface area contributed by atoms with Crippen molar-refractivity contribution in [1.29, 1.82) is 0 Å². The van der Waals surface area contributed by atoms with E-state index in [1.54, 1.807) is 16.9 Å². The van der Waals surface area contributed by atoms with Crippen LogP contribution in [0.4, 0.5) is 17.6 Å². The minimum atomic E-state index is -4.62. The van der Waals surface area contributed by atoms with Gasteiger partial charge in [0.05, 0.1) is 53.5 Å². The first kappa shape index (κ1) is 29.5. The number of hydrogen-bond acceptors (Lipinski definition) is 8. The molecular weight excluding hydrogens is 632 g/mol. The van der Waals surface area contributed by atoms with Crippen molar-refractivity contribution >= 4 is 11.6 Å². The lowest BCUT2D eigenvalue weighted by molar-refractivity contribution is -0.615. The number of halogens is 5. The molecule has 1 atom stereocenters. The molecule has 46 heavy (non-hydrogen) atoms.